The van der Waals surface area contributed by atoms with Crippen LogP contribution in [0.25, 0.3) is 0 Å². The van der Waals surface area contributed by atoms with E-state index in [0.29, 0.717) is 11.4 Å². The molecule has 0 radical (unpaired) electrons. The van der Waals surface area contributed by atoms with Crippen molar-refractivity contribution in [1.82, 2.24) is 5.32 Å². The second kappa shape index (κ2) is 8.19. The van der Waals surface area contributed by atoms with Crippen LogP contribution in [0.5, 0.6) is 5.75 Å². The molecule has 0 fully saturated rings. The molecule has 0 heterocycles. The number of rotatable bonds is 5. The highest BCUT2D eigenvalue weighted by molar-refractivity contribution is 9.10. The molecule has 2 aromatic carbocycles. The number of imide groups is 1. The molecule has 120 valence electrons. The molecule has 0 aromatic heterocycles. The maximum absolute atomic E-state index is 11.8. The van der Waals surface area contributed by atoms with Crippen LogP contribution >= 0.6 is 15.9 Å². The lowest BCUT2D eigenvalue weighted by atomic mass is 10.3. The molecule has 23 heavy (non-hydrogen) atoms. The monoisotopic (exact) mass is 377 g/mol. The summed E-state index contributed by atoms with van der Waals surface area (Å²) in [4.78, 5) is 23.5. The van der Waals surface area contributed by atoms with Gasteiger partial charge < -0.3 is 15.4 Å². The smallest absolute Gasteiger partial charge is 0.325 e. The first-order valence-corrected chi connectivity index (χ1v) is 7.60. The van der Waals surface area contributed by atoms with Crippen LogP contribution in [0.1, 0.15) is 0 Å². The molecule has 0 saturated heterocycles. The summed E-state index contributed by atoms with van der Waals surface area (Å²) in [6.45, 7) is -0.0269. The summed E-state index contributed by atoms with van der Waals surface area (Å²) in [5.74, 6) is 0.242. The van der Waals surface area contributed by atoms with Crippen molar-refractivity contribution in [1.29, 1.82) is 0 Å². The summed E-state index contributed by atoms with van der Waals surface area (Å²) in [5.41, 5.74) is 1.33. The Balaban J connectivity index is 1.79. The first kappa shape index (κ1) is 16.8. The molecule has 2 rings (SSSR count). The molecule has 0 aliphatic heterocycles. The van der Waals surface area contributed by atoms with E-state index in [0.717, 1.165) is 10.2 Å². The number of methoxy groups -OCH3 is 1. The van der Waals surface area contributed by atoms with E-state index in [1.54, 1.807) is 55.6 Å². The molecule has 0 aliphatic carbocycles. The largest absolute Gasteiger partial charge is 0.497 e. The van der Waals surface area contributed by atoms with Crippen molar-refractivity contribution < 1.29 is 14.3 Å². The second-order valence-electron chi connectivity index (χ2n) is 4.59. The lowest BCUT2D eigenvalue weighted by molar-refractivity contribution is -0.118. The fourth-order valence-corrected chi connectivity index (χ4v) is 2.05. The Morgan fingerprint density at radius 3 is 2.52 bits per heavy atom. The van der Waals surface area contributed by atoms with Gasteiger partial charge in [0.1, 0.15) is 5.75 Å². The van der Waals surface area contributed by atoms with Crippen molar-refractivity contribution in [3.8, 4) is 5.75 Å². The number of ether oxygens (including phenoxy) is 1. The zero-order valence-electron chi connectivity index (χ0n) is 12.4. The Bertz CT molecular complexity index is 689. The minimum Gasteiger partial charge on any atom is -0.497 e. The van der Waals surface area contributed by atoms with E-state index in [4.69, 9.17) is 4.74 Å². The van der Waals surface area contributed by atoms with Crippen molar-refractivity contribution in [3.05, 3.63) is 53.0 Å². The van der Waals surface area contributed by atoms with E-state index >= 15 is 0 Å². The summed E-state index contributed by atoms with van der Waals surface area (Å²) < 4.78 is 6.00. The van der Waals surface area contributed by atoms with Gasteiger partial charge in [0.2, 0.25) is 5.91 Å². The van der Waals surface area contributed by atoms with Crippen LogP contribution in [0.4, 0.5) is 16.2 Å². The summed E-state index contributed by atoms with van der Waals surface area (Å²) >= 11 is 3.31. The van der Waals surface area contributed by atoms with Gasteiger partial charge in [-0.25, -0.2) is 4.79 Å². The number of anilines is 2. The van der Waals surface area contributed by atoms with Crippen molar-refractivity contribution in [2.75, 3.05) is 24.3 Å². The average molecular weight is 378 g/mol. The third-order valence-corrected chi connectivity index (χ3v) is 3.41. The van der Waals surface area contributed by atoms with Gasteiger partial charge >= 0.3 is 6.03 Å². The summed E-state index contributed by atoms with van der Waals surface area (Å²) in [6, 6.07) is 13.6. The van der Waals surface area contributed by atoms with E-state index in [1.165, 1.54) is 0 Å². The Morgan fingerprint density at radius 1 is 1.09 bits per heavy atom. The number of hydrogen-bond donors (Lipinski definition) is 3. The van der Waals surface area contributed by atoms with Gasteiger partial charge in [-0.1, -0.05) is 22.0 Å². The summed E-state index contributed by atoms with van der Waals surface area (Å²) in [5, 5.41) is 7.74. The Kier molecular flexibility index (Phi) is 5.99. The SMILES string of the molecule is COc1cccc(NCC(=O)NC(=O)Nc2ccc(Br)cc2)c1. The van der Waals surface area contributed by atoms with Crippen LogP contribution in [0.3, 0.4) is 0 Å². The van der Waals surface area contributed by atoms with Crippen LogP contribution in [0.2, 0.25) is 0 Å². The summed E-state index contributed by atoms with van der Waals surface area (Å²) in [6.07, 6.45) is 0. The van der Waals surface area contributed by atoms with Crippen molar-refractivity contribution in [2.24, 2.45) is 0 Å². The fourth-order valence-electron chi connectivity index (χ4n) is 1.78. The molecule has 0 atom stereocenters. The molecule has 0 bridgehead atoms. The lowest BCUT2D eigenvalue weighted by Gasteiger charge is -2.09. The van der Waals surface area contributed by atoms with Gasteiger partial charge in [-0.2, -0.15) is 0 Å². The van der Waals surface area contributed by atoms with Gasteiger partial charge in [-0.15, -0.1) is 0 Å². The van der Waals surface area contributed by atoms with Gasteiger partial charge in [0.15, 0.2) is 0 Å². The minimum absolute atomic E-state index is 0.0269. The van der Waals surface area contributed by atoms with E-state index in [-0.39, 0.29) is 6.54 Å². The van der Waals surface area contributed by atoms with Crippen LogP contribution in [-0.2, 0) is 4.79 Å². The van der Waals surface area contributed by atoms with Crippen LogP contribution in [0, 0.1) is 0 Å². The quantitative estimate of drug-likeness (QED) is 0.747. The van der Waals surface area contributed by atoms with Gasteiger partial charge in [0, 0.05) is 21.9 Å². The molecular formula is C16H16BrN3O3. The molecule has 0 unspecified atom stereocenters. The molecule has 3 N–H and O–H groups in total. The van der Waals surface area contributed by atoms with Crippen LogP contribution < -0.4 is 20.7 Å². The maximum atomic E-state index is 11.8. The molecular weight excluding hydrogens is 362 g/mol. The normalized spacial score (nSPS) is 9.83. The Hall–Kier alpha value is -2.54. The Labute approximate surface area is 142 Å². The number of benzene rings is 2. The van der Waals surface area contributed by atoms with Gasteiger partial charge in [-0.05, 0) is 36.4 Å². The zero-order chi connectivity index (χ0) is 16.7. The number of nitrogens with one attached hydrogen (secondary N) is 3. The average Bonchev–Trinajstić information content (AvgIpc) is 2.55. The Morgan fingerprint density at radius 2 is 1.83 bits per heavy atom. The highest BCUT2D eigenvalue weighted by Gasteiger charge is 2.08. The number of carbonyl (C=O) groups excluding carboxylic acids is 2. The van der Waals surface area contributed by atoms with Crippen LogP contribution in [-0.4, -0.2) is 25.6 Å². The molecule has 3 amide bonds. The minimum atomic E-state index is -0.579. The predicted octanol–water partition coefficient (Wildman–Crippen LogP) is 3.22. The highest BCUT2D eigenvalue weighted by atomic mass is 79.9. The first-order valence-electron chi connectivity index (χ1n) is 6.81. The molecule has 6 nitrogen and oxygen atoms in total. The number of urea groups is 1. The number of amides is 3. The molecule has 0 saturated carbocycles. The number of halogens is 1. The lowest BCUT2D eigenvalue weighted by Crippen LogP contribution is -2.37. The van der Waals surface area contributed by atoms with Crippen molar-refractivity contribution >= 4 is 39.2 Å². The van der Waals surface area contributed by atoms with Gasteiger partial charge in [-0.3, -0.25) is 10.1 Å². The molecule has 2 aromatic rings. The highest BCUT2D eigenvalue weighted by Crippen LogP contribution is 2.16. The van der Waals surface area contributed by atoms with Crippen molar-refractivity contribution in [3.63, 3.8) is 0 Å². The molecule has 0 aliphatic rings. The number of carbonyl (C=O) groups is 2. The second-order valence-corrected chi connectivity index (χ2v) is 5.51. The zero-order valence-corrected chi connectivity index (χ0v) is 14.0. The van der Waals surface area contributed by atoms with Gasteiger partial charge in [0.05, 0.1) is 13.7 Å². The maximum Gasteiger partial charge on any atom is 0.325 e. The third kappa shape index (κ3) is 5.63. The third-order valence-electron chi connectivity index (χ3n) is 2.88. The first-order chi connectivity index (χ1) is 11.1. The van der Waals surface area contributed by atoms with E-state index < -0.39 is 11.9 Å². The van der Waals surface area contributed by atoms with Gasteiger partial charge in [0.25, 0.3) is 0 Å². The number of hydrogen-bond acceptors (Lipinski definition) is 4. The van der Waals surface area contributed by atoms with Crippen LogP contribution in [0.15, 0.2) is 53.0 Å². The van der Waals surface area contributed by atoms with E-state index in [2.05, 4.69) is 31.9 Å². The molecule has 7 heteroatoms. The summed E-state index contributed by atoms with van der Waals surface area (Å²) in [7, 11) is 1.57. The van der Waals surface area contributed by atoms with Crippen molar-refractivity contribution in [2.45, 2.75) is 0 Å². The standard InChI is InChI=1S/C16H16BrN3O3/c1-23-14-4-2-3-13(9-14)18-10-15(21)20-16(22)19-12-7-5-11(17)6-8-12/h2-9,18H,10H2,1H3,(H2,19,20,21,22). The fraction of sp³-hybridized carbons (Fsp3) is 0.125. The van der Waals surface area contributed by atoms with E-state index in [1.807, 2.05) is 0 Å². The predicted molar refractivity (Wildman–Crippen MR) is 92.8 cm³/mol. The topological polar surface area (TPSA) is 79.5 Å². The van der Waals surface area contributed by atoms with E-state index in [9.17, 15) is 9.59 Å². The molecule has 0 spiro atoms.